The van der Waals surface area contributed by atoms with Crippen molar-refractivity contribution in [3.63, 3.8) is 0 Å². The summed E-state index contributed by atoms with van der Waals surface area (Å²) in [5.74, 6) is 12.4. The van der Waals surface area contributed by atoms with Crippen LogP contribution >= 0.6 is 21.7 Å². The Morgan fingerprint density at radius 3 is 1.37 bits per heavy atom. The van der Waals surface area contributed by atoms with Crippen LogP contribution in [0, 0.1) is 48.1 Å². The number of hydrogen-bond donors (Lipinski definition) is 0. The average Bonchev–Trinajstić information content (AvgIpc) is 3.79. The Morgan fingerprint density at radius 1 is 0.661 bits per heavy atom. The number of ether oxygens (including phenoxy) is 1. The fourth-order valence-corrected chi connectivity index (χ4v) is 7.03. The number of rotatable bonds is 14. The Kier molecular flexibility index (Phi) is 33.9. The van der Waals surface area contributed by atoms with Gasteiger partial charge >= 0.3 is 18.9 Å². The summed E-state index contributed by atoms with van der Waals surface area (Å²) in [6.45, 7) is 20.6. The zero-order valence-electron chi connectivity index (χ0n) is 39.5. The van der Waals surface area contributed by atoms with Gasteiger partial charge in [-0.15, -0.1) is 0 Å². The van der Waals surface area contributed by atoms with Gasteiger partial charge in [0.25, 0.3) is 0 Å². The molecule has 0 aromatic heterocycles. The molecule has 8 nitrogen and oxygen atoms in total. The van der Waals surface area contributed by atoms with Gasteiger partial charge < -0.3 is 23.0 Å². The Bertz CT molecular complexity index is 1950. The van der Waals surface area contributed by atoms with Crippen LogP contribution < -0.4 is 18.9 Å². The van der Waals surface area contributed by atoms with Crippen LogP contribution in [-0.4, -0.2) is 83.3 Å². The Morgan fingerprint density at radius 2 is 1.03 bits per heavy atom. The molecular formula is C50H72LiO8P3. The topological polar surface area (TPSA) is 121 Å². The number of carbonyl (C=O) groups is 3. The van der Waals surface area contributed by atoms with Gasteiger partial charge in [0.1, 0.15) is 17.3 Å². The minimum absolute atomic E-state index is 0. The maximum atomic E-state index is 11.8. The number of aryl methyl sites for hydroxylation is 1. The summed E-state index contributed by atoms with van der Waals surface area (Å²) in [5.41, 5.74) is 3.27. The van der Waals surface area contributed by atoms with E-state index in [9.17, 15) is 28.1 Å². The van der Waals surface area contributed by atoms with Gasteiger partial charge in [-0.25, -0.2) is 0 Å². The van der Waals surface area contributed by atoms with Crippen LogP contribution in [0.1, 0.15) is 82.9 Å². The third-order valence-corrected chi connectivity index (χ3v) is 11.8. The first-order valence-electron chi connectivity index (χ1n) is 20.8. The first-order valence-corrected chi connectivity index (χ1v) is 28.7. The zero-order valence-corrected chi connectivity index (χ0v) is 42.2. The predicted octanol–water partition coefficient (Wildman–Crippen LogP) is 8.88. The summed E-state index contributed by atoms with van der Waals surface area (Å²) < 4.78 is 42.7. The van der Waals surface area contributed by atoms with Crippen LogP contribution in [0.4, 0.5) is 0 Å². The molecule has 4 atom stereocenters. The summed E-state index contributed by atoms with van der Waals surface area (Å²) in [4.78, 5) is 34.5. The minimum Gasteiger partial charge on any atom is -0.381 e. The van der Waals surface area contributed by atoms with E-state index >= 15 is 0 Å². The maximum absolute atomic E-state index is 11.8. The molecule has 62 heavy (non-hydrogen) atoms. The van der Waals surface area contributed by atoms with E-state index in [2.05, 4.69) is 47.0 Å². The van der Waals surface area contributed by atoms with Crippen LogP contribution in [-0.2, 0) is 43.8 Å². The molecule has 0 saturated carbocycles. The molecule has 336 valence electrons. The van der Waals surface area contributed by atoms with Gasteiger partial charge in [-0.3, -0.25) is 21.0 Å². The fraction of sp³-hybridized carbons (Fsp3) is 0.480. The largest absolute Gasteiger partial charge is 1.00 e. The molecule has 1 saturated heterocycles. The first-order chi connectivity index (χ1) is 28.5. The smallest absolute Gasteiger partial charge is 0.381 e. The van der Waals surface area contributed by atoms with Crippen LogP contribution in [0.2, 0.25) is 0 Å². The second-order valence-corrected chi connectivity index (χ2v) is 25.7. The van der Waals surface area contributed by atoms with Crippen LogP contribution in [0.3, 0.4) is 0 Å². The van der Waals surface area contributed by atoms with Gasteiger partial charge in [0.15, 0.2) is 0 Å². The van der Waals surface area contributed by atoms with Gasteiger partial charge in [-0.2, -0.15) is 0 Å². The standard InChI is InChI=1S/C15H23O2P.C15H19O2P.C13H14O.C4H8O.C3H8O2P.Li/c2*1-13(15(16)12-18(2,3)17)8-7-11-14-9-5-4-6-10-14;1-11(12(2)14)7-6-10-13-8-4-3-5-9-13;1-2-4-5-3-1;1-5-6(2,3)4;/h4-6,9-10,13H,7-8,11-12H2,1-3H3;4-6,9-10,13H,8,12H2,1-3H3;3-5,8-9,11H,7H2,1-2H3;1-4H2;2H2,1,3H3;/q;;;;-1;+1/t2*13-;11-;;;/m000.../s1. The molecule has 4 rings (SSSR count). The monoisotopic (exact) mass is 900 g/mol. The molecule has 0 bridgehead atoms. The third kappa shape index (κ3) is 37.5. The van der Waals surface area contributed by atoms with Crippen molar-refractivity contribution in [1.29, 1.82) is 0 Å². The van der Waals surface area contributed by atoms with Gasteiger partial charge in [-0.05, 0) is 102 Å². The predicted molar refractivity (Wildman–Crippen MR) is 258 cm³/mol. The molecule has 0 aliphatic carbocycles. The number of hydrogen-bond acceptors (Lipinski definition) is 8. The van der Waals surface area contributed by atoms with E-state index in [1.807, 2.05) is 99.6 Å². The van der Waals surface area contributed by atoms with E-state index in [-0.39, 0.29) is 66.3 Å². The molecule has 1 unspecified atom stereocenters. The van der Waals surface area contributed by atoms with E-state index < -0.39 is 21.7 Å². The quantitative estimate of drug-likeness (QED) is 0.0682. The summed E-state index contributed by atoms with van der Waals surface area (Å²) in [6, 6.07) is 29.8. The van der Waals surface area contributed by atoms with Crippen molar-refractivity contribution in [1.82, 2.24) is 0 Å². The van der Waals surface area contributed by atoms with Crippen molar-refractivity contribution in [3.05, 3.63) is 114 Å². The Labute approximate surface area is 387 Å². The number of ketones is 3. The maximum Gasteiger partial charge on any atom is 1.00 e. The SMILES string of the molecule is C1CCOC1.CC(=O)[C@@H](C)CC#Cc1ccccc1.C[C@@H](CC#Cc1ccccc1)C(=O)CP(C)(C)=O.C[C@@H](CCCc1ccccc1)C(=O)CP(C)(C)=O.[CH2-]P(C)(=O)OC.[Li+]. The van der Waals surface area contributed by atoms with Crippen LogP contribution in [0.25, 0.3) is 0 Å². The molecule has 1 heterocycles. The second kappa shape index (κ2) is 34.4. The minimum atomic E-state index is -2.40. The Balaban J connectivity index is 0. The molecule has 12 heteroatoms. The van der Waals surface area contributed by atoms with Gasteiger partial charge in [0.2, 0.25) is 0 Å². The van der Waals surface area contributed by atoms with Crippen molar-refractivity contribution >= 4 is 39.0 Å². The van der Waals surface area contributed by atoms with Gasteiger partial charge in [0.05, 0.1) is 34.0 Å². The average molecular weight is 901 g/mol. The van der Waals surface area contributed by atoms with Crippen LogP contribution in [0.5, 0.6) is 0 Å². The number of benzene rings is 3. The molecule has 0 amide bonds. The summed E-state index contributed by atoms with van der Waals surface area (Å²) in [7, 11) is -5.49. The van der Waals surface area contributed by atoms with Crippen molar-refractivity contribution in [3.8, 4) is 23.7 Å². The van der Waals surface area contributed by atoms with Gasteiger partial charge in [0, 0.05) is 62.0 Å². The van der Waals surface area contributed by atoms with E-state index in [0.717, 1.165) is 43.6 Å². The molecule has 0 N–H and O–H groups in total. The van der Waals surface area contributed by atoms with Crippen LogP contribution in [0.15, 0.2) is 91.0 Å². The van der Waals surface area contributed by atoms with E-state index in [1.165, 1.54) is 32.2 Å². The molecule has 0 spiro atoms. The summed E-state index contributed by atoms with van der Waals surface area (Å²) >= 11 is 0. The molecule has 3 aromatic rings. The third-order valence-electron chi connectivity index (χ3n) is 8.86. The molecule has 1 aliphatic heterocycles. The summed E-state index contributed by atoms with van der Waals surface area (Å²) in [6.07, 6.45) is 7.05. The molecular weight excluding hydrogens is 828 g/mol. The second-order valence-electron chi connectivity index (χ2n) is 16.3. The number of carbonyl (C=O) groups excluding carboxylic acids is 3. The molecule has 1 aliphatic rings. The van der Waals surface area contributed by atoms with E-state index in [4.69, 9.17) is 4.74 Å². The van der Waals surface area contributed by atoms with Crippen molar-refractivity contribution in [2.45, 2.75) is 72.6 Å². The normalized spacial score (nSPS) is 13.9. The molecule has 0 radical (unpaired) electrons. The molecule has 3 aromatic carbocycles. The van der Waals surface area contributed by atoms with E-state index in [0.29, 0.717) is 12.8 Å². The number of Topliss-reactive ketones (excluding diaryl/α,β-unsaturated/α-hetero) is 3. The van der Waals surface area contributed by atoms with Crippen molar-refractivity contribution < 1.29 is 56.2 Å². The first kappa shape index (κ1) is 61.1. The molecule has 1 fully saturated rings. The van der Waals surface area contributed by atoms with Gasteiger partial charge in [-0.1, -0.05) is 111 Å². The van der Waals surface area contributed by atoms with Crippen molar-refractivity contribution in [2.24, 2.45) is 17.8 Å². The van der Waals surface area contributed by atoms with Crippen molar-refractivity contribution in [2.75, 3.05) is 66.0 Å². The van der Waals surface area contributed by atoms with E-state index in [1.54, 1.807) is 33.6 Å². The fourth-order valence-electron chi connectivity index (χ4n) is 4.90. The Hall–Kier alpha value is -3.00. The summed E-state index contributed by atoms with van der Waals surface area (Å²) in [5, 5.41) is 0. The zero-order chi connectivity index (χ0) is 46.3.